The molecule has 1 saturated heterocycles. The second kappa shape index (κ2) is 4.11. The van der Waals surface area contributed by atoms with Gasteiger partial charge in [-0.05, 0) is 25.8 Å². The van der Waals surface area contributed by atoms with E-state index in [1.165, 1.54) is 0 Å². The molecule has 2 heterocycles. The van der Waals surface area contributed by atoms with Crippen LogP contribution in [-0.4, -0.2) is 29.0 Å². The summed E-state index contributed by atoms with van der Waals surface area (Å²) < 4.78 is 5.34. The summed E-state index contributed by atoms with van der Waals surface area (Å²) in [6.45, 7) is 4.85. The van der Waals surface area contributed by atoms with Gasteiger partial charge in [-0.3, -0.25) is 5.10 Å². The Labute approximate surface area is 84.0 Å². The minimum absolute atomic E-state index is 0.226. The van der Waals surface area contributed by atoms with Gasteiger partial charge in [0.15, 0.2) is 0 Å². The van der Waals surface area contributed by atoms with E-state index in [4.69, 9.17) is 4.74 Å². The quantitative estimate of drug-likeness (QED) is 0.758. The summed E-state index contributed by atoms with van der Waals surface area (Å²) in [6.07, 6.45) is 3.95. The molecule has 1 aromatic rings. The molecule has 2 N–H and O–H groups in total. The van der Waals surface area contributed by atoms with Crippen LogP contribution in [0.25, 0.3) is 0 Å². The Bertz CT molecular complexity index is 265. The van der Waals surface area contributed by atoms with Gasteiger partial charge in [-0.25, -0.2) is 0 Å². The number of rotatable bonds is 3. The number of nitrogens with zero attached hydrogens (tertiary/aromatic N) is 1. The molecule has 1 aliphatic rings. The molecule has 0 spiro atoms. The van der Waals surface area contributed by atoms with Gasteiger partial charge in [0, 0.05) is 37.2 Å². The zero-order chi connectivity index (χ0) is 9.86. The molecule has 0 atom stereocenters. The standard InChI is InChI=1S/C10H17N3O/c1-10(3-6-14-7-4-10)11-8-9-2-5-12-13-9/h2,5,11H,3-4,6-8H2,1H3,(H,12,13). The first-order valence-corrected chi connectivity index (χ1v) is 5.10. The molecule has 0 bridgehead atoms. The van der Waals surface area contributed by atoms with Crippen molar-refractivity contribution in [3.8, 4) is 0 Å². The van der Waals surface area contributed by atoms with Crippen LogP contribution in [0.5, 0.6) is 0 Å². The fourth-order valence-electron chi connectivity index (χ4n) is 1.69. The van der Waals surface area contributed by atoms with Crippen molar-refractivity contribution in [1.82, 2.24) is 15.5 Å². The van der Waals surface area contributed by atoms with E-state index in [9.17, 15) is 0 Å². The predicted octanol–water partition coefficient (Wildman–Crippen LogP) is 1.07. The monoisotopic (exact) mass is 195 g/mol. The first-order valence-electron chi connectivity index (χ1n) is 5.10. The van der Waals surface area contributed by atoms with Crippen LogP contribution >= 0.6 is 0 Å². The summed E-state index contributed by atoms with van der Waals surface area (Å²) in [5.74, 6) is 0. The zero-order valence-corrected chi connectivity index (χ0v) is 8.55. The van der Waals surface area contributed by atoms with Gasteiger partial charge in [-0.2, -0.15) is 5.10 Å². The second-order valence-electron chi connectivity index (χ2n) is 4.11. The van der Waals surface area contributed by atoms with Gasteiger partial charge < -0.3 is 10.1 Å². The molecule has 2 rings (SSSR count). The topological polar surface area (TPSA) is 49.9 Å². The van der Waals surface area contributed by atoms with Crippen molar-refractivity contribution in [2.75, 3.05) is 13.2 Å². The molecule has 14 heavy (non-hydrogen) atoms. The third-order valence-electron chi connectivity index (χ3n) is 2.86. The van der Waals surface area contributed by atoms with E-state index in [1.54, 1.807) is 6.20 Å². The molecular weight excluding hydrogens is 178 g/mol. The number of H-pyrrole nitrogens is 1. The average Bonchev–Trinajstić information content (AvgIpc) is 2.69. The number of aromatic nitrogens is 2. The molecule has 1 aromatic heterocycles. The van der Waals surface area contributed by atoms with Gasteiger partial charge in [0.1, 0.15) is 0 Å². The van der Waals surface area contributed by atoms with Crippen LogP contribution in [0.15, 0.2) is 12.3 Å². The van der Waals surface area contributed by atoms with Crippen LogP contribution in [0, 0.1) is 0 Å². The average molecular weight is 195 g/mol. The van der Waals surface area contributed by atoms with Gasteiger partial charge in [-0.15, -0.1) is 0 Å². The van der Waals surface area contributed by atoms with Crippen LogP contribution in [0.3, 0.4) is 0 Å². The SMILES string of the molecule is CC1(NCc2ccn[nH]2)CCOCC1. The van der Waals surface area contributed by atoms with E-state index in [0.29, 0.717) is 0 Å². The Morgan fingerprint density at radius 1 is 1.57 bits per heavy atom. The Kier molecular flexibility index (Phi) is 2.84. The number of nitrogens with one attached hydrogen (secondary N) is 2. The van der Waals surface area contributed by atoms with Gasteiger partial charge in [0.2, 0.25) is 0 Å². The first kappa shape index (κ1) is 9.68. The third kappa shape index (κ3) is 2.33. The molecular formula is C10H17N3O. The fourth-order valence-corrected chi connectivity index (χ4v) is 1.69. The summed E-state index contributed by atoms with van der Waals surface area (Å²) in [5, 5.41) is 10.4. The summed E-state index contributed by atoms with van der Waals surface area (Å²) in [6, 6.07) is 2.00. The van der Waals surface area contributed by atoms with Gasteiger partial charge in [-0.1, -0.05) is 0 Å². The van der Waals surface area contributed by atoms with Crippen molar-refractivity contribution in [2.24, 2.45) is 0 Å². The van der Waals surface area contributed by atoms with Crippen molar-refractivity contribution in [1.29, 1.82) is 0 Å². The molecule has 0 radical (unpaired) electrons. The highest BCUT2D eigenvalue weighted by Crippen LogP contribution is 2.19. The van der Waals surface area contributed by atoms with Crippen LogP contribution in [0.4, 0.5) is 0 Å². The normalized spacial score (nSPS) is 20.9. The molecule has 0 saturated carbocycles. The van der Waals surface area contributed by atoms with Crippen molar-refractivity contribution >= 4 is 0 Å². The Morgan fingerprint density at radius 3 is 3.00 bits per heavy atom. The maximum Gasteiger partial charge on any atom is 0.0490 e. The molecule has 0 aromatic carbocycles. The van der Waals surface area contributed by atoms with Crippen molar-refractivity contribution in [3.63, 3.8) is 0 Å². The van der Waals surface area contributed by atoms with E-state index < -0.39 is 0 Å². The minimum Gasteiger partial charge on any atom is -0.381 e. The van der Waals surface area contributed by atoms with E-state index in [2.05, 4.69) is 22.4 Å². The molecule has 4 nitrogen and oxygen atoms in total. The maximum absolute atomic E-state index is 5.34. The zero-order valence-electron chi connectivity index (χ0n) is 8.55. The largest absolute Gasteiger partial charge is 0.381 e. The number of aromatic amines is 1. The smallest absolute Gasteiger partial charge is 0.0490 e. The molecule has 78 valence electrons. The van der Waals surface area contributed by atoms with E-state index in [1.807, 2.05) is 6.07 Å². The fraction of sp³-hybridized carbons (Fsp3) is 0.700. The highest BCUT2D eigenvalue weighted by Gasteiger charge is 2.26. The van der Waals surface area contributed by atoms with E-state index in [0.717, 1.165) is 38.3 Å². The second-order valence-corrected chi connectivity index (χ2v) is 4.11. The summed E-state index contributed by atoms with van der Waals surface area (Å²) in [5.41, 5.74) is 1.36. The number of hydrogen-bond acceptors (Lipinski definition) is 3. The highest BCUT2D eigenvalue weighted by molar-refractivity contribution is 4.98. The first-order chi connectivity index (χ1) is 6.79. The summed E-state index contributed by atoms with van der Waals surface area (Å²) in [7, 11) is 0. The molecule has 0 amide bonds. The van der Waals surface area contributed by atoms with Crippen molar-refractivity contribution in [3.05, 3.63) is 18.0 Å². The maximum atomic E-state index is 5.34. The number of ether oxygens (including phenoxy) is 1. The Balaban J connectivity index is 1.84. The third-order valence-corrected chi connectivity index (χ3v) is 2.86. The van der Waals surface area contributed by atoms with Gasteiger partial charge in [0.25, 0.3) is 0 Å². The van der Waals surface area contributed by atoms with Crippen LogP contribution in [0.2, 0.25) is 0 Å². The summed E-state index contributed by atoms with van der Waals surface area (Å²) >= 11 is 0. The molecule has 1 fully saturated rings. The Morgan fingerprint density at radius 2 is 2.36 bits per heavy atom. The van der Waals surface area contributed by atoms with Crippen LogP contribution < -0.4 is 5.32 Å². The minimum atomic E-state index is 0.226. The molecule has 0 unspecified atom stereocenters. The molecule has 1 aliphatic heterocycles. The van der Waals surface area contributed by atoms with Gasteiger partial charge >= 0.3 is 0 Å². The molecule has 4 heteroatoms. The summed E-state index contributed by atoms with van der Waals surface area (Å²) in [4.78, 5) is 0. The van der Waals surface area contributed by atoms with Crippen LogP contribution in [0.1, 0.15) is 25.5 Å². The Hall–Kier alpha value is -0.870. The van der Waals surface area contributed by atoms with Crippen LogP contribution in [-0.2, 0) is 11.3 Å². The highest BCUT2D eigenvalue weighted by atomic mass is 16.5. The van der Waals surface area contributed by atoms with Crippen molar-refractivity contribution < 1.29 is 4.74 Å². The lowest BCUT2D eigenvalue weighted by Crippen LogP contribution is -2.46. The molecule has 0 aliphatic carbocycles. The van der Waals surface area contributed by atoms with E-state index >= 15 is 0 Å². The lowest BCUT2D eigenvalue weighted by molar-refractivity contribution is 0.0445. The predicted molar refractivity (Wildman–Crippen MR) is 53.9 cm³/mol. The van der Waals surface area contributed by atoms with Gasteiger partial charge in [0.05, 0.1) is 0 Å². The lowest BCUT2D eigenvalue weighted by atomic mass is 9.92. The van der Waals surface area contributed by atoms with E-state index in [-0.39, 0.29) is 5.54 Å². The van der Waals surface area contributed by atoms with Crippen molar-refractivity contribution in [2.45, 2.75) is 31.8 Å². The number of hydrogen-bond donors (Lipinski definition) is 2. The lowest BCUT2D eigenvalue weighted by Gasteiger charge is -2.34.